The first kappa shape index (κ1) is 22.4. The molecule has 0 bridgehead atoms. The number of guanidine groups is 1. The van der Waals surface area contributed by atoms with Crippen LogP contribution in [-0.2, 0) is 10.0 Å². The van der Waals surface area contributed by atoms with E-state index in [1.807, 2.05) is 11.8 Å². The van der Waals surface area contributed by atoms with Crippen LogP contribution < -0.4 is 5.32 Å². The number of sulfonamides is 1. The lowest BCUT2D eigenvalue weighted by molar-refractivity contribution is 0.279. The molecule has 2 aliphatic heterocycles. The largest absolute Gasteiger partial charge is 0.357 e. The minimum absolute atomic E-state index is 0.466. The Kier molecular flexibility index (Phi) is 8.26. The van der Waals surface area contributed by atoms with Crippen molar-refractivity contribution in [2.45, 2.75) is 31.1 Å². The highest BCUT2D eigenvalue weighted by atomic mass is 32.2. The molecule has 0 radical (unpaired) electrons. The monoisotopic (exact) mass is 438 g/mol. The van der Waals surface area contributed by atoms with Gasteiger partial charge in [-0.25, -0.2) is 12.7 Å². The van der Waals surface area contributed by atoms with E-state index in [1.165, 1.54) is 17.6 Å². The molecule has 0 amide bonds. The molecule has 0 aliphatic carbocycles. The van der Waals surface area contributed by atoms with E-state index < -0.39 is 10.0 Å². The van der Waals surface area contributed by atoms with Crippen LogP contribution in [0.4, 0.5) is 0 Å². The zero-order valence-electron chi connectivity index (χ0n) is 17.6. The van der Waals surface area contributed by atoms with Crippen LogP contribution >= 0.6 is 11.8 Å². The van der Waals surface area contributed by atoms with Crippen molar-refractivity contribution in [3.63, 3.8) is 0 Å². The molecule has 0 saturated carbocycles. The average Bonchev–Trinajstić information content (AvgIpc) is 3.19. The summed E-state index contributed by atoms with van der Waals surface area (Å²) in [7, 11) is -3.06. The van der Waals surface area contributed by atoms with Gasteiger partial charge in [0.2, 0.25) is 10.0 Å². The van der Waals surface area contributed by atoms with Crippen LogP contribution in [0.3, 0.4) is 0 Å². The number of piperidine rings is 1. The van der Waals surface area contributed by atoms with Crippen LogP contribution in [0.1, 0.15) is 26.2 Å². The van der Waals surface area contributed by atoms with Crippen molar-refractivity contribution in [1.29, 1.82) is 0 Å². The summed E-state index contributed by atoms with van der Waals surface area (Å²) in [6, 6.07) is 10.6. The van der Waals surface area contributed by atoms with Gasteiger partial charge in [-0.15, -0.1) is 11.8 Å². The zero-order valence-corrected chi connectivity index (χ0v) is 19.2. The third kappa shape index (κ3) is 6.89. The fraction of sp³-hybridized carbons (Fsp3) is 0.667. The topological polar surface area (TPSA) is 65.0 Å². The van der Waals surface area contributed by atoms with Gasteiger partial charge in [-0.1, -0.05) is 18.2 Å². The van der Waals surface area contributed by atoms with Crippen LogP contribution in [-0.4, -0.2) is 74.9 Å². The molecule has 1 N–H and O–H groups in total. The van der Waals surface area contributed by atoms with Crippen LogP contribution in [0.2, 0.25) is 0 Å². The van der Waals surface area contributed by atoms with Gasteiger partial charge < -0.3 is 10.2 Å². The molecule has 1 unspecified atom stereocenters. The zero-order chi connectivity index (χ0) is 20.7. The summed E-state index contributed by atoms with van der Waals surface area (Å²) >= 11 is 1.94. The summed E-state index contributed by atoms with van der Waals surface area (Å²) in [4.78, 5) is 8.65. The second kappa shape index (κ2) is 10.7. The normalized spacial score (nSPS) is 22.2. The number of hydrogen-bond donors (Lipinski definition) is 1. The molecule has 1 aromatic carbocycles. The maximum atomic E-state index is 11.7. The van der Waals surface area contributed by atoms with Gasteiger partial charge in [-0.3, -0.25) is 4.99 Å². The highest BCUT2D eigenvalue weighted by Gasteiger charge is 2.27. The number of rotatable bonds is 7. The Hall–Kier alpha value is -1.25. The smallest absolute Gasteiger partial charge is 0.211 e. The van der Waals surface area contributed by atoms with E-state index in [-0.39, 0.29) is 0 Å². The summed E-state index contributed by atoms with van der Waals surface area (Å²) < 4.78 is 24.9. The van der Waals surface area contributed by atoms with Crippen molar-refractivity contribution in [2.24, 2.45) is 16.8 Å². The number of benzene rings is 1. The lowest BCUT2D eigenvalue weighted by Gasteiger charge is -2.30. The van der Waals surface area contributed by atoms with Crippen molar-refractivity contribution in [1.82, 2.24) is 14.5 Å². The number of nitrogens with one attached hydrogen (secondary N) is 1. The van der Waals surface area contributed by atoms with E-state index in [0.717, 1.165) is 50.7 Å². The molecule has 2 aliphatic rings. The van der Waals surface area contributed by atoms with Crippen molar-refractivity contribution < 1.29 is 8.42 Å². The predicted octanol–water partition coefficient (Wildman–Crippen LogP) is 2.74. The summed E-state index contributed by atoms with van der Waals surface area (Å²) in [6.07, 6.45) is 4.30. The van der Waals surface area contributed by atoms with Gasteiger partial charge in [-0.05, 0) is 50.2 Å². The molecule has 2 heterocycles. The van der Waals surface area contributed by atoms with E-state index >= 15 is 0 Å². The first-order valence-corrected chi connectivity index (χ1v) is 13.5. The summed E-state index contributed by atoms with van der Waals surface area (Å²) in [5.74, 6) is 3.31. The standard InChI is InChI=1S/C21H34N4O2S2/c1-3-22-21(23-15-18-10-13-25(14-11-18)29(2,26)27)24-12-9-19(16-24)17-28-20-7-5-4-6-8-20/h4-8,18-19H,3,9-17H2,1-2H3,(H,22,23). The number of aliphatic imine (C=N–C) groups is 1. The highest BCUT2D eigenvalue weighted by Crippen LogP contribution is 2.26. The third-order valence-electron chi connectivity index (χ3n) is 5.69. The van der Waals surface area contributed by atoms with Gasteiger partial charge >= 0.3 is 0 Å². The van der Waals surface area contributed by atoms with E-state index in [1.54, 1.807) is 4.31 Å². The second-order valence-corrected chi connectivity index (χ2v) is 11.1. The number of thioether (sulfide) groups is 1. The molecule has 0 aromatic heterocycles. The molecule has 8 heteroatoms. The van der Waals surface area contributed by atoms with E-state index in [9.17, 15) is 8.42 Å². The summed E-state index contributed by atoms with van der Waals surface area (Å²) in [5, 5.41) is 3.45. The molecule has 2 saturated heterocycles. The summed E-state index contributed by atoms with van der Waals surface area (Å²) in [5.41, 5.74) is 0. The lowest BCUT2D eigenvalue weighted by atomic mass is 9.98. The molecular formula is C21H34N4O2S2. The summed E-state index contributed by atoms with van der Waals surface area (Å²) in [6.45, 7) is 7.11. The molecular weight excluding hydrogens is 404 g/mol. The van der Waals surface area contributed by atoms with Gasteiger partial charge in [0.15, 0.2) is 5.96 Å². The van der Waals surface area contributed by atoms with Gasteiger partial charge in [0.1, 0.15) is 0 Å². The van der Waals surface area contributed by atoms with Crippen molar-refractivity contribution >= 4 is 27.7 Å². The Morgan fingerprint density at radius 1 is 1.14 bits per heavy atom. The van der Waals surface area contributed by atoms with E-state index in [0.29, 0.717) is 24.9 Å². The maximum absolute atomic E-state index is 11.7. The van der Waals surface area contributed by atoms with Crippen molar-refractivity contribution in [3.8, 4) is 0 Å². The number of likely N-dealkylation sites (tertiary alicyclic amines) is 1. The van der Waals surface area contributed by atoms with E-state index in [2.05, 4.69) is 47.5 Å². The molecule has 1 aromatic rings. The van der Waals surface area contributed by atoms with Crippen LogP contribution in [0.5, 0.6) is 0 Å². The quantitative estimate of drug-likeness (QED) is 0.403. The molecule has 29 heavy (non-hydrogen) atoms. The second-order valence-electron chi connectivity index (χ2n) is 8.02. The first-order chi connectivity index (χ1) is 14.0. The maximum Gasteiger partial charge on any atom is 0.211 e. The Morgan fingerprint density at radius 2 is 1.83 bits per heavy atom. The molecule has 162 valence electrons. The third-order valence-corrected chi connectivity index (χ3v) is 8.24. The minimum Gasteiger partial charge on any atom is -0.357 e. The van der Waals surface area contributed by atoms with Crippen molar-refractivity contribution in [2.75, 3.05) is 51.3 Å². The Labute approximate surface area is 180 Å². The van der Waals surface area contributed by atoms with Gasteiger partial charge in [0.05, 0.1) is 6.26 Å². The van der Waals surface area contributed by atoms with Gasteiger partial charge in [-0.2, -0.15) is 0 Å². The molecule has 6 nitrogen and oxygen atoms in total. The minimum atomic E-state index is -3.06. The molecule has 3 rings (SSSR count). The van der Waals surface area contributed by atoms with Gasteiger partial charge in [0, 0.05) is 49.9 Å². The fourth-order valence-corrected chi connectivity index (χ4v) is 5.88. The molecule has 0 spiro atoms. The van der Waals surface area contributed by atoms with Crippen molar-refractivity contribution in [3.05, 3.63) is 30.3 Å². The fourth-order valence-electron chi connectivity index (χ4n) is 3.96. The first-order valence-electron chi connectivity index (χ1n) is 10.6. The number of nitrogens with zero attached hydrogens (tertiary/aromatic N) is 3. The van der Waals surface area contributed by atoms with Gasteiger partial charge in [0.25, 0.3) is 0 Å². The average molecular weight is 439 g/mol. The van der Waals surface area contributed by atoms with Crippen LogP contribution in [0, 0.1) is 11.8 Å². The Balaban J connectivity index is 1.48. The number of hydrogen-bond acceptors (Lipinski definition) is 4. The SMILES string of the molecule is CCNC(=NCC1CCN(S(C)(=O)=O)CC1)N1CCC(CSc2ccccc2)C1. The lowest BCUT2D eigenvalue weighted by Crippen LogP contribution is -2.41. The highest BCUT2D eigenvalue weighted by molar-refractivity contribution is 7.99. The van der Waals surface area contributed by atoms with Crippen LogP contribution in [0.25, 0.3) is 0 Å². The molecule has 2 fully saturated rings. The molecule has 1 atom stereocenters. The van der Waals surface area contributed by atoms with Crippen LogP contribution in [0.15, 0.2) is 40.2 Å². The predicted molar refractivity (Wildman–Crippen MR) is 122 cm³/mol. The Morgan fingerprint density at radius 3 is 2.48 bits per heavy atom. The van der Waals surface area contributed by atoms with E-state index in [4.69, 9.17) is 4.99 Å². The Bertz CT molecular complexity index is 762.